The number of ether oxygens (including phenoxy) is 2. The summed E-state index contributed by atoms with van der Waals surface area (Å²) in [5.41, 5.74) is 0.929. The van der Waals surface area contributed by atoms with Gasteiger partial charge in [0.1, 0.15) is 0 Å². The van der Waals surface area contributed by atoms with E-state index in [-0.39, 0.29) is 0 Å². The number of carbonyl (C=O) groups excluding carboxylic acids is 2. The molecule has 0 spiro atoms. The summed E-state index contributed by atoms with van der Waals surface area (Å²) in [4.78, 5) is 21.9. The molecule has 0 heterocycles. The molecule has 0 atom stereocenters. The number of esters is 2. The van der Waals surface area contributed by atoms with Gasteiger partial charge in [0.25, 0.3) is 6.29 Å². The average Bonchev–Trinajstić information content (AvgIpc) is 2.43. The highest BCUT2D eigenvalue weighted by molar-refractivity contribution is 5.84. The number of carbonyl (C=O) groups is 2. The van der Waals surface area contributed by atoms with Gasteiger partial charge in [-0.05, 0) is 28.5 Å². The second kappa shape index (κ2) is 6.70. The average molecular weight is 284 g/mol. The van der Waals surface area contributed by atoms with Crippen LogP contribution in [0.4, 0.5) is 0 Å². The molecular formula is C17H16O4. The van der Waals surface area contributed by atoms with Gasteiger partial charge in [-0.25, -0.2) is 0 Å². The molecule has 0 aliphatic carbocycles. The van der Waals surface area contributed by atoms with E-state index in [2.05, 4.69) is 0 Å². The molecule has 0 saturated carbocycles. The van der Waals surface area contributed by atoms with Gasteiger partial charge < -0.3 is 9.47 Å². The molecule has 0 aliphatic heterocycles. The van der Waals surface area contributed by atoms with Crippen LogP contribution in [0.5, 0.6) is 0 Å². The lowest BCUT2D eigenvalue weighted by molar-refractivity contribution is -0.176. The SMILES string of the molecule is CC(=O)OC(/C=C/c1ccc2ccccc2c1)OC(C)=O. The Morgan fingerprint density at radius 2 is 1.57 bits per heavy atom. The number of rotatable bonds is 4. The van der Waals surface area contributed by atoms with Crippen molar-refractivity contribution in [3.05, 3.63) is 54.1 Å². The predicted octanol–water partition coefficient (Wildman–Crippen LogP) is 3.31. The lowest BCUT2D eigenvalue weighted by Gasteiger charge is -2.12. The van der Waals surface area contributed by atoms with E-state index < -0.39 is 18.2 Å². The van der Waals surface area contributed by atoms with E-state index in [1.54, 1.807) is 6.08 Å². The summed E-state index contributed by atoms with van der Waals surface area (Å²) in [6.07, 6.45) is 2.28. The Bertz CT molecular complexity index is 672. The van der Waals surface area contributed by atoms with Crippen molar-refractivity contribution in [2.24, 2.45) is 0 Å². The van der Waals surface area contributed by atoms with Crippen molar-refractivity contribution in [2.75, 3.05) is 0 Å². The van der Waals surface area contributed by atoms with E-state index >= 15 is 0 Å². The Kier molecular flexibility index (Phi) is 4.72. The van der Waals surface area contributed by atoms with E-state index in [0.29, 0.717) is 0 Å². The maximum Gasteiger partial charge on any atom is 0.305 e. The largest absolute Gasteiger partial charge is 0.421 e. The quantitative estimate of drug-likeness (QED) is 0.638. The molecular weight excluding hydrogens is 268 g/mol. The molecule has 2 rings (SSSR count). The first-order valence-electron chi connectivity index (χ1n) is 6.56. The smallest absolute Gasteiger partial charge is 0.305 e. The lowest BCUT2D eigenvalue weighted by Crippen LogP contribution is -2.19. The third-order valence-corrected chi connectivity index (χ3v) is 2.78. The van der Waals surface area contributed by atoms with Crippen molar-refractivity contribution in [1.82, 2.24) is 0 Å². The van der Waals surface area contributed by atoms with Crippen LogP contribution in [0.2, 0.25) is 0 Å². The predicted molar refractivity (Wildman–Crippen MR) is 80.3 cm³/mol. The van der Waals surface area contributed by atoms with Crippen LogP contribution in [0, 0.1) is 0 Å². The molecule has 108 valence electrons. The van der Waals surface area contributed by atoms with Crippen LogP contribution < -0.4 is 0 Å². The van der Waals surface area contributed by atoms with Crippen LogP contribution >= 0.6 is 0 Å². The fourth-order valence-electron chi connectivity index (χ4n) is 1.93. The summed E-state index contributed by atoms with van der Waals surface area (Å²) in [6, 6.07) is 13.9. The minimum Gasteiger partial charge on any atom is -0.421 e. The summed E-state index contributed by atoms with van der Waals surface area (Å²) >= 11 is 0. The zero-order valence-corrected chi connectivity index (χ0v) is 11.9. The Hall–Kier alpha value is -2.62. The monoisotopic (exact) mass is 284 g/mol. The summed E-state index contributed by atoms with van der Waals surface area (Å²) in [7, 11) is 0. The molecule has 21 heavy (non-hydrogen) atoms. The summed E-state index contributed by atoms with van der Waals surface area (Å²) in [5.74, 6) is -1.02. The van der Waals surface area contributed by atoms with Gasteiger partial charge in [0.2, 0.25) is 0 Å². The molecule has 4 nitrogen and oxygen atoms in total. The third-order valence-electron chi connectivity index (χ3n) is 2.78. The number of fused-ring (bicyclic) bond motifs is 1. The van der Waals surface area contributed by atoms with Gasteiger partial charge in [-0.15, -0.1) is 0 Å². The molecule has 0 saturated heterocycles. The lowest BCUT2D eigenvalue weighted by atomic mass is 10.1. The second-order valence-corrected chi connectivity index (χ2v) is 4.55. The second-order valence-electron chi connectivity index (χ2n) is 4.55. The van der Waals surface area contributed by atoms with Crippen molar-refractivity contribution in [3.8, 4) is 0 Å². The molecule has 0 aliphatic rings. The highest BCUT2D eigenvalue weighted by Crippen LogP contribution is 2.17. The third kappa shape index (κ3) is 4.45. The van der Waals surface area contributed by atoms with Crippen molar-refractivity contribution < 1.29 is 19.1 Å². The van der Waals surface area contributed by atoms with E-state index in [9.17, 15) is 9.59 Å². The van der Waals surface area contributed by atoms with Crippen LogP contribution in [-0.2, 0) is 19.1 Å². The van der Waals surface area contributed by atoms with Crippen LogP contribution in [0.25, 0.3) is 16.8 Å². The molecule has 2 aromatic rings. The van der Waals surface area contributed by atoms with Gasteiger partial charge >= 0.3 is 11.9 Å². The van der Waals surface area contributed by atoms with E-state index in [1.807, 2.05) is 42.5 Å². The van der Waals surface area contributed by atoms with Gasteiger partial charge in [-0.3, -0.25) is 9.59 Å². The molecule has 0 radical (unpaired) electrons. The zero-order chi connectivity index (χ0) is 15.2. The van der Waals surface area contributed by atoms with Gasteiger partial charge in [-0.1, -0.05) is 42.5 Å². The zero-order valence-electron chi connectivity index (χ0n) is 11.9. The highest BCUT2D eigenvalue weighted by Gasteiger charge is 2.10. The van der Waals surface area contributed by atoms with Crippen molar-refractivity contribution >= 4 is 28.8 Å². The minimum atomic E-state index is -1.01. The molecule has 2 aromatic carbocycles. The van der Waals surface area contributed by atoms with Crippen molar-refractivity contribution in [3.63, 3.8) is 0 Å². The summed E-state index contributed by atoms with van der Waals surface area (Å²) in [5, 5.41) is 2.25. The van der Waals surface area contributed by atoms with Gasteiger partial charge in [0.05, 0.1) is 0 Å². The number of hydrogen-bond donors (Lipinski definition) is 0. The highest BCUT2D eigenvalue weighted by atomic mass is 16.7. The number of hydrogen-bond acceptors (Lipinski definition) is 4. The molecule has 4 heteroatoms. The fourth-order valence-corrected chi connectivity index (χ4v) is 1.93. The molecule has 0 N–H and O–H groups in total. The first kappa shape index (κ1) is 14.8. The van der Waals surface area contributed by atoms with E-state index in [0.717, 1.165) is 16.3 Å². The first-order chi connectivity index (χ1) is 10.0. The Balaban J connectivity index is 2.18. The first-order valence-corrected chi connectivity index (χ1v) is 6.56. The van der Waals surface area contributed by atoms with Gasteiger partial charge in [0, 0.05) is 13.8 Å². The minimum absolute atomic E-state index is 0.510. The molecule has 0 aromatic heterocycles. The van der Waals surface area contributed by atoms with Crippen LogP contribution in [-0.4, -0.2) is 18.2 Å². The maximum absolute atomic E-state index is 11.0. The summed E-state index contributed by atoms with van der Waals surface area (Å²) in [6.45, 7) is 2.53. The molecule has 0 fully saturated rings. The number of benzene rings is 2. The Labute approximate surface area is 123 Å². The summed E-state index contributed by atoms with van der Waals surface area (Å²) < 4.78 is 9.80. The Morgan fingerprint density at radius 3 is 2.19 bits per heavy atom. The Morgan fingerprint density at radius 1 is 0.952 bits per heavy atom. The topological polar surface area (TPSA) is 52.6 Å². The van der Waals surface area contributed by atoms with Crippen LogP contribution in [0.3, 0.4) is 0 Å². The van der Waals surface area contributed by atoms with E-state index in [1.165, 1.54) is 19.9 Å². The molecule has 0 unspecified atom stereocenters. The maximum atomic E-state index is 11.0. The standard InChI is InChI=1S/C17H16O4/c1-12(18)20-17(21-13(2)19)10-8-14-7-9-15-5-3-4-6-16(15)11-14/h3-11,17H,1-2H3/b10-8+. The normalized spacial score (nSPS) is 11.0. The van der Waals surface area contributed by atoms with Crippen LogP contribution in [0.1, 0.15) is 19.4 Å². The molecule has 0 amide bonds. The van der Waals surface area contributed by atoms with Crippen molar-refractivity contribution in [1.29, 1.82) is 0 Å². The van der Waals surface area contributed by atoms with Crippen LogP contribution in [0.15, 0.2) is 48.5 Å². The van der Waals surface area contributed by atoms with Gasteiger partial charge in [0.15, 0.2) is 0 Å². The van der Waals surface area contributed by atoms with Crippen molar-refractivity contribution in [2.45, 2.75) is 20.1 Å². The van der Waals surface area contributed by atoms with Gasteiger partial charge in [-0.2, -0.15) is 0 Å². The fraction of sp³-hybridized carbons (Fsp3) is 0.176. The molecule has 0 bridgehead atoms. The van der Waals surface area contributed by atoms with E-state index in [4.69, 9.17) is 9.47 Å².